The molecular formula is C50H39N. The summed E-state index contributed by atoms with van der Waals surface area (Å²) in [5.41, 5.74) is 18.0. The summed E-state index contributed by atoms with van der Waals surface area (Å²) in [5, 5.41) is 0. The van der Waals surface area contributed by atoms with Crippen LogP contribution in [0.15, 0.2) is 200 Å². The molecule has 0 heterocycles. The Morgan fingerprint density at radius 3 is 1.22 bits per heavy atom. The smallest absolute Gasteiger partial charge is 0.0473 e. The first-order valence-electron chi connectivity index (χ1n) is 17.6. The lowest BCUT2D eigenvalue weighted by Crippen LogP contribution is -2.10. The Morgan fingerprint density at radius 1 is 0.275 bits per heavy atom. The monoisotopic (exact) mass is 653 g/mol. The molecule has 0 saturated heterocycles. The van der Waals surface area contributed by atoms with Crippen LogP contribution in [-0.2, 0) is 0 Å². The molecule has 0 amide bonds. The zero-order valence-electron chi connectivity index (χ0n) is 29.0. The van der Waals surface area contributed by atoms with E-state index in [0.29, 0.717) is 0 Å². The summed E-state index contributed by atoms with van der Waals surface area (Å²) in [6.45, 7) is 4.43. The quantitative estimate of drug-likeness (QED) is 0.158. The highest BCUT2D eigenvalue weighted by molar-refractivity contribution is 5.87. The van der Waals surface area contributed by atoms with Crippen LogP contribution in [0, 0.1) is 13.8 Å². The van der Waals surface area contributed by atoms with Gasteiger partial charge in [-0.15, -0.1) is 0 Å². The molecule has 0 radical (unpaired) electrons. The molecule has 1 nitrogen and oxygen atoms in total. The summed E-state index contributed by atoms with van der Waals surface area (Å²) in [5.74, 6) is 0. The lowest BCUT2D eigenvalue weighted by Gasteiger charge is -2.27. The normalized spacial score (nSPS) is 10.9. The van der Waals surface area contributed by atoms with Crippen LogP contribution in [-0.4, -0.2) is 0 Å². The van der Waals surface area contributed by atoms with E-state index < -0.39 is 0 Å². The van der Waals surface area contributed by atoms with Crippen molar-refractivity contribution in [2.45, 2.75) is 13.8 Å². The van der Waals surface area contributed by atoms with E-state index >= 15 is 0 Å². The predicted octanol–water partition coefficient (Wildman–Crippen LogP) is 14.1. The first-order chi connectivity index (χ1) is 25.1. The van der Waals surface area contributed by atoms with Crippen molar-refractivity contribution in [1.29, 1.82) is 0 Å². The summed E-state index contributed by atoms with van der Waals surface area (Å²) in [6, 6.07) is 72.2. The summed E-state index contributed by atoms with van der Waals surface area (Å²) in [4.78, 5) is 2.38. The molecule has 0 spiro atoms. The standard InChI is InChI=1S/C50H39N/c1-36-15-12-13-22-48(36)50-24-14-23-49(37(50)2)42-27-31-46(32-28-42)51(45-29-25-41(26-30-45)38-16-6-3-7-17-38)47-34-43(39-18-8-4-9-19-39)33-44(35-47)40-20-10-5-11-21-40/h3-35H,1-2H3. The predicted molar refractivity (Wildman–Crippen MR) is 218 cm³/mol. The van der Waals surface area contributed by atoms with Crippen molar-refractivity contribution in [1.82, 2.24) is 0 Å². The minimum absolute atomic E-state index is 1.10. The average Bonchev–Trinajstić information content (AvgIpc) is 3.20. The molecule has 0 aromatic heterocycles. The van der Waals surface area contributed by atoms with E-state index in [0.717, 1.165) is 17.1 Å². The van der Waals surface area contributed by atoms with Crippen LogP contribution < -0.4 is 4.90 Å². The Bertz CT molecular complexity index is 2340. The molecule has 0 N–H and O–H groups in total. The number of hydrogen-bond acceptors (Lipinski definition) is 1. The molecular weight excluding hydrogens is 615 g/mol. The van der Waals surface area contributed by atoms with Crippen molar-refractivity contribution in [3.8, 4) is 55.6 Å². The molecule has 0 aliphatic rings. The van der Waals surface area contributed by atoms with Gasteiger partial charge in [-0.25, -0.2) is 0 Å². The lowest BCUT2D eigenvalue weighted by molar-refractivity contribution is 1.28. The van der Waals surface area contributed by atoms with Crippen LogP contribution in [0.5, 0.6) is 0 Å². The van der Waals surface area contributed by atoms with Crippen molar-refractivity contribution in [3.05, 3.63) is 211 Å². The van der Waals surface area contributed by atoms with E-state index in [4.69, 9.17) is 0 Å². The van der Waals surface area contributed by atoms with Gasteiger partial charge >= 0.3 is 0 Å². The van der Waals surface area contributed by atoms with Crippen LogP contribution in [0.3, 0.4) is 0 Å². The Kier molecular flexibility index (Phi) is 8.85. The first-order valence-corrected chi connectivity index (χ1v) is 17.6. The number of rotatable bonds is 8. The second-order valence-corrected chi connectivity index (χ2v) is 13.1. The molecule has 244 valence electrons. The number of aryl methyl sites for hydroxylation is 1. The van der Waals surface area contributed by atoms with Crippen LogP contribution in [0.1, 0.15) is 11.1 Å². The molecule has 0 saturated carbocycles. The summed E-state index contributed by atoms with van der Waals surface area (Å²) < 4.78 is 0. The second kappa shape index (κ2) is 14.2. The highest BCUT2D eigenvalue weighted by Crippen LogP contribution is 2.41. The highest BCUT2D eigenvalue weighted by Gasteiger charge is 2.17. The van der Waals surface area contributed by atoms with Crippen LogP contribution in [0.25, 0.3) is 55.6 Å². The van der Waals surface area contributed by atoms with E-state index in [1.165, 1.54) is 66.8 Å². The Labute approximate surface area is 301 Å². The fourth-order valence-corrected chi connectivity index (χ4v) is 7.12. The molecule has 0 aliphatic heterocycles. The Balaban J connectivity index is 1.26. The minimum Gasteiger partial charge on any atom is -0.310 e. The van der Waals surface area contributed by atoms with Gasteiger partial charge in [0.25, 0.3) is 0 Å². The first kappa shape index (κ1) is 31.8. The van der Waals surface area contributed by atoms with E-state index in [2.05, 4.69) is 219 Å². The van der Waals surface area contributed by atoms with E-state index in [9.17, 15) is 0 Å². The van der Waals surface area contributed by atoms with Crippen molar-refractivity contribution < 1.29 is 0 Å². The molecule has 0 fully saturated rings. The summed E-state index contributed by atoms with van der Waals surface area (Å²) in [6.07, 6.45) is 0. The van der Waals surface area contributed by atoms with E-state index in [1.807, 2.05) is 0 Å². The van der Waals surface area contributed by atoms with Crippen LogP contribution in [0.4, 0.5) is 17.1 Å². The number of nitrogens with zero attached hydrogens (tertiary/aromatic N) is 1. The fraction of sp³-hybridized carbons (Fsp3) is 0.0400. The topological polar surface area (TPSA) is 3.24 Å². The molecule has 0 atom stereocenters. The van der Waals surface area contributed by atoms with Crippen molar-refractivity contribution in [2.24, 2.45) is 0 Å². The van der Waals surface area contributed by atoms with Gasteiger partial charge in [0.1, 0.15) is 0 Å². The van der Waals surface area contributed by atoms with Gasteiger partial charge < -0.3 is 4.90 Å². The maximum atomic E-state index is 2.38. The van der Waals surface area contributed by atoms with Crippen LogP contribution >= 0.6 is 0 Å². The Morgan fingerprint density at radius 2 is 0.686 bits per heavy atom. The number of benzene rings is 8. The molecule has 0 unspecified atom stereocenters. The number of hydrogen-bond donors (Lipinski definition) is 0. The third-order valence-electron chi connectivity index (χ3n) is 9.83. The molecule has 51 heavy (non-hydrogen) atoms. The maximum Gasteiger partial charge on any atom is 0.0473 e. The molecule has 8 rings (SSSR count). The number of anilines is 3. The third kappa shape index (κ3) is 6.63. The fourth-order valence-electron chi connectivity index (χ4n) is 7.12. The molecule has 0 bridgehead atoms. The summed E-state index contributed by atoms with van der Waals surface area (Å²) >= 11 is 0. The zero-order valence-corrected chi connectivity index (χ0v) is 29.0. The Hall–Kier alpha value is -6.44. The van der Waals surface area contributed by atoms with Gasteiger partial charge in [0, 0.05) is 17.1 Å². The van der Waals surface area contributed by atoms with Gasteiger partial charge in [-0.3, -0.25) is 0 Å². The van der Waals surface area contributed by atoms with Crippen LogP contribution in [0.2, 0.25) is 0 Å². The third-order valence-corrected chi connectivity index (χ3v) is 9.83. The molecule has 1 heteroatoms. The largest absolute Gasteiger partial charge is 0.310 e. The van der Waals surface area contributed by atoms with Crippen molar-refractivity contribution >= 4 is 17.1 Å². The van der Waals surface area contributed by atoms with Gasteiger partial charge in [-0.2, -0.15) is 0 Å². The molecule has 8 aromatic rings. The molecule has 8 aromatic carbocycles. The van der Waals surface area contributed by atoms with Gasteiger partial charge in [0.15, 0.2) is 0 Å². The molecule has 0 aliphatic carbocycles. The SMILES string of the molecule is Cc1ccccc1-c1cccc(-c2ccc(N(c3ccc(-c4ccccc4)cc3)c3cc(-c4ccccc4)cc(-c4ccccc4)c3)cc2)c1C. The minimum atomic E-state index is 1.10. The highest BCUT2D eigenvalue weighted by atomic mass is 15.1. The summed E-state index contributed by atoms with van der Waals surface area (Å²) in [7, 11) is 0. The van der Waals surface area contributed by atoms with Crippen molar-refractivity contribution in [3.63, 3.8) is 0 Å². The van der Waals surface area contributed by atoms with E-state index in [-0.39, 0.29) is 0 Å². The second-order valence-electron chi connectivity index (χ2n) is 13.1. The zero-order chi connectivity index (χ0) is 34.6. The van der Waals surface area contributed by atoms with Gasteiger partial charge in [0.2, 0.25) is 0 Å². The van der Waals surface area contributed by atoms with Gasteiger partial charge in [-0.1, -0.05) is 158 Å². The van der Waals surface area contributed by atoms with Gasteiger partial charge in [-0.05, 0) is 123 Å². The van der Waals surface area contributed by atoms with Crippen molar-refractivity contribution in [2.75, 3.05) is 4.90 Å². The maximum absolute atomic E-state index is 2.38. The van der Waals surface area contributed by atoms with E-state index in [1.54, 1.807) is 0 Å². The van der Waals surface area contributed by atoms with Gasteiger partial charge in [0.05, 0.1) is 0 Å². The lowest BCUT2D eigenvalue weighted by atomic mass is 9.91. The average molecular weight is 654 g/mol.